The lowest BCUT2D eigenvalue weighted by Gasteiger charge is -2.27. The van der Waals surface area contributed by atoms with Gasteiger partial charge in [-0.2, -0.15) is 0 Å². The van der Waals surface area contributed by atoms with Crippen LogP contribution in [0, 0.1) is 10.1 Å². The minimum Gasteiger partial charge on any atom is -0.444 e. The smallest absolute Gasteiger partial charge is 0.410 e. The summed E-state index contributed by atoms with van der Waals surface area (Å²) in [6.07, 6.45) is 2.09. The minimum absolute atomic E-state index is 0.0123. The number of carbonyl (C=O) groups is 1. The average Bonchev–Trinajstić information content (AvgIpc) is 3.09. The summed E-state index contributed by atoms with van der Waals surface area (Å²) in [5.41, 5.74) is 0.532. The fraction of sp³-hybridized carbons (Fsp3) is 0.500. The fourth-order valence-electron chi connectivity index (χ4n) is 3.01. The molecule has 1 amide bonds. The first kappa shape index (κ1) is 18.8. The normalized spacial score (nSPS) is 17.2. The van der Waals surface area contributed by atoms with Crippen LogP contribution < -0.4 is 4.90 Å². The highest BCUT2D eigenvalue weighted by molar-refractivity contribution is 5.78. The molecule has 0 saturated carbocycles. The number of rotatable bonds is 3. The summed E-state index contributed by atoms with van der Waals surface area (Å²) in [5.74, 6) is 0.660. The maximum absolute atomic E-state index is 12.2. The van der Waals surface area contributed by atoms with Gasteiger partial charge in [0.2, 0.25) is 0 Å². The van der Waals surface area contributed by atoms with Gasteiger partial charge in [0.25, 0.3) is 5.69 Å². The van der Waals surface area contributed by atoms with Crippen LogP contribution in [0.1, 0.15) is 27.2 Å². The molecule has 9 nitrogen and oxygen atoms in total. The Labute approximate surface area is 157 Å². The van der Waals surface area contributed by atoms with E-state index in [1.807, 2.05) is 32.7 Å². The SMILES string of the molecule is CN(c1cnc2cc([N+](=O)[O-])ccc2n1)[C@H]1CCN(C(=O)OC(C)(C)C)C1. The Morgan fingerprint density at radius 3 is 2.78 bits per heavy atom. The Balaban J connectivity index is 1.72. The molecule has 0 unspecified atom stereocenters. The van der Waals surface area contributed by atoms with Crippen LogP contribution in [0.5, 0.6) is 0 Å². The number of non-ortho nitro benzene ring substituents is 1. The predicted molar refractivity (Wildman–Crippen MR) is 101 cm³/mol. The first-order valence-corrected chi connectivity index (χ1v) is 8.76. The van der Waals surface area contributed by atoms with E-state index in [0.29, 0.717) is 29.9 Å². The summed E-state index contributed by atoms with van der Waals surface area (Å²) in [6, 6.07) is 4.52. The van der Waals surface area contributed by atoms with Crippen LogP contribution in [-0.2, 0) is 4.74 Å². The first-order valence-electron chi connectivity index (χ1n) is 8.76. The Bertz CT molecular complexity index is 880. The van der Waals surface area contributed by atoms with Gasteiger partial charge in [-0.1, -0.05) is 0 Å². The largest absolute Gasteiger partial charge is 0.444 e. The Morgan fingerprint density at radius 1 is 1.37 bits per heavy atom. The lowest BCUT2D eigenvalue weighted by Crippen LogP contribution is -2.39. The van der Waals surface area contributed by atoms with Gasteiger partial charge in [0, 0.05) is 38.3 Å². The molecule has 0 spiro atoms. The number of ether oxygens (including phenoxy) is 1. The van der Waals surface area contributed by atoms with E-state index in [2.05, 4.69) is 9.97 Å². The maximum atomic E-state index is 12.2. The van der Waals surface area contributed by atoms with Gasteiger partial charge in [-0.15, -0.1) is 0 Å². The molecule has 0 bridgehead atoms. The van der Waals surface area contributed by atoms with Crippen LogP contribution in [0.3, 0.4) is 0 Å². The lowest BCUT2D eigenvalue weighted by atomic mass is 10.2. The molecule has 1 aliphatic rings. The van der Waals surface area contributed by atoms with Gasteiger partial charge >= 0.3 is 6.09 Å². The van der Waals surface area contributed by atoms with Gasteiger partial charge in [0.1, 0.15) is 11.4 Å². The number of fused-ring (bicyclic) bond motifs is 1. The number of likely N-dealkylation sites (N-methyl/N-ethyl adjacent to an activating group) is 1. The number of benzene rings is 1. The molecule has 2 heterocycles. The van der Waals surface area contributed by atoms with E-state index in [-0.39, 0.29) is 17.8 Å². The van der Waals surface area contributed by atoms with Crippen molar-refractivity contribution in [3.05, 3.63) is 34.5 Å². The number of carbonyl (C=O) groups excluding carboxylic acids is 1. The van der Waals surface area contributed by atoms with Crippen LogP contribution in [0.15, 0.2) is 24.4 Å². The third-order valence-electron chi connectivity index (χ3n) is 4.45. The molecule has 9 heteroatoms. The second-order valence-electron chi connectivity index (χ2n) is 7.64. The Morgan fingerprint density at radius 2 is 2.11 bits per heavy atom. The van der Waals surface area contributed by atoms with Crippen LogP contribution in [0.25, 0.3) is 11.0 Å². The monoisotopic (exact) mass is 373 g/mol. The van der Waals surface area contributed by atoms with Crippen LogP contribution in [0.2, 0.25) is 0 Å². The summed E-state index contributed by atoms with van der Waals surface area (Å²) >= 11 is 0. The zero-order valence-electron chi connectivity index (χ0n) is 15.9. The van der Waals surface area contributed by atoms with Crippen molar-refractivity contribution < 1.29 is 14.5 Å². The summed E-state index contributed by atoms with van der Waals surface area (Å²) in [7, 11) is 1.91. The molecule has 1 saturated heterocycles. The molecule has 27 heavy (non-hydrogen) atoms. The quantitative estimate of drug-likeness (QED) is 0.602. The van der Waals surface area contributed by atoms with E-state index in [0.717, 1.165) is 6.42 Å². The number of nitro benzene ring substituents is 1. The molecule has 0 N–H and O–H groups in total. The van der Waals surface area contributed by atoms with Crippen molar-refractivity contribution in [2.75, 3.05) is 25.0 Å². The third-order valence-corrected chi connectivity index (χ3v) is 4.45. The lowest BCUT2D eigenvalue weighted by molar-refractivity contribution is -0.384. The number of hydrogen-bond donors (Lipinski definition) is 0. The number of nitrogens with zero attached hydrogens (tertiary/aromatic N) is 5. The van der Waals surface area contributed by atoms with Gasteiger partial charge in [0.05, 0.1) is 22.2 Å². The highest BCUT2D eigenvalue weighted by atomic mass is 16.6. The number of amides is 1. The second-order valence-corrected chi connectivity index (χ2v) is 7.64. The third kappa shape index (κ3) is 4.24. The highest BCUT2D eigenvalue weighted by Gasteiger charge is 2.32. The Hall–Kier alpha value is -2.97. The van der Waals surface area contributed by atoms with E-state index < -0.39 is 10.5 Å². The van der Waals surface area contributed by atoms with Gasteiger partial charge in [-0.05, 0) is 33.3 Å². The van der Waals surface area contributed by atoms with Crippen LogP contribution in [0.4, 0.5) is 16.3 Å². The highest BCUT2D eigenvalue weighted by Crippen LogP contribution is 2.24. The summed E-state index contributed by atoms with van der Waals surface area (Å²) in [6.45, 7) is 6.71. The molecule has 0 radical (unpaired) electrons. The zero-order valence-corrected chi connectivity index (χ0v) is 15.9. The van der Waals surface area contributed by atoms with Crippen molar-refractivity contribution >= 4 is 28.6 Å². The second kappa shape index (κ2) is 6.98. The number of nitro groups is 1. The van der Waals surface area contributed by atoms with Crippen molar-refractivity contribution in [2.45, 2.75) is 38.8 Å². The standard InChI is InChI=1S/C18H23N5O4/c1-18(2,3)27-17(24)22-8-7-13(11-22)21(4)16-10-19-15-9-12(23(25)26)5-6-14(15)20-16/h5-6,9-10,13H,7-8,11H2,1-4H3/t13-/m0/s1. The van der Waals surface area contributed by atoms with E-state index in [1.165, 1.54) is 12.1 Å². The van der Waals surface area contributed by atoms with Gasteiger partial charge in [0.15, 0.2) is 0 Å². The molecule has 1 fully saturated rings. The molecule has 1 atom stereocenters. The summed E-state index contributed by atoms with van der Waals surface area (Å²) in [5, 5.41) is 10.9. The zero-order chi connectivity index (χ0) is 19.8. The molecule has 1 aromatic heterocycles. The number of aromatic nitrogens is 2. The number of likely N-dealkylation sites (tertiary alicyclic amines) is 1. The molecule has 1 aliphatic heterocycles. The molecular weight excluding hydrogens is 350 g/mol. The van der Waals surface area contributed by atoms with Crippen LogP contribution >= 0.6 is 0 Å². The molecule has 1 aromatic carbocycles. The summed E-state index contributed by atoms with van der Waals surface area (Å²) in [4.78, 5) is 35.2. The summed E-state index contributed by atoms with van der Waals surface area (Å²) < 4.78 is 5.43. The van der Waals surface area contributed by atoms with Crippen LogP contribution in [-0.4, -0.2) is 57.7 Å². The van der Waals surface area contributed by atoms with Crippen molar-refractivity contribution in [2.24, 2.45) is 0 Å². The average molecular weight is 373 g/mol. The predicted octanol–water partition coefficient (Wildman–Crippen LogP) is 2.98. The van der Waals surface area contributed by atoms with Crippen molar-refractivity contribution in [1.82, 2.24) is 14.9 Å². The van der Waals surface area contributed by atoms with Crippen molar-refractivity contribution in [3.63, 3.8) is 0 Å². The van der Waals surface area contributed by atoms with E-state index in [4.69, 9.17) is 4.74 Å². The number of anilines is 1. The fourth-order valence-corrected chi connectivity index (χ4v) is 3.01. The molecule has 2 aromatic rings. The van der Waals surface area contributed by atoms with Gasteiger partial charge < -0.3 is 14.5 Å². The molecule has 3 rings (SSSR count). The van der Waals surface area contributed by atoms with E-state index in [9.17, 15) is 14.9 Å². The molecule has 144 valence electrons. The maximum Gasteiger partial charge on any atom is 0.410 e. The van der Waals surface area contributed by atoms with E-state index >= 15 is 0 Å². The van der Waals surface area contributed by atoms with Gasteiger partial charge in [-0.3, -0.25) is 15.1 Å². The van der Waals surface area contributed by atoms with Gasteiger partial charge in [-0.25, -0.2) is 9.78 Å². The minimum atomic E-state index is -0.520. The van der Waals surface area contributed by atoms with Crippen molar-refractivity contribution in [3.8, 4) is 0 Å². The first-order chi connectivity index (χ1) is 12.6. The number of hydrogen-bond acceptors (Lipinski definition) is 7. The van der Waals surface area contributed by atoms with Crippen molar-refractivity contribution in [1.29, 1.82) is 0 Å². The topological polar surface area (TPSA) is 102 Å². The van der Waals surface area contributed by atoms with E-state index in [1.54, 1.807) is 17.2 Å². The molecular formula is C18H23N5O4. The Kier molecular flexibility index (Phi) is 4.86. The molecule has 0 aliphatic carbocycles.